The van der Waals surface area contributed by atoms with E-state index in [0.717, 1.165) is 34.6 Å². The molecule has 0 aliphatic heterocycles. The van der Waals surface area contributed by atoms with Gasteiger partial charge in [0.2, 0.25) is 0 Å². The molecule has 0 aliphatic rings. The zero-order chi connectivity index (χ0) is 17.3. The highest BCUT2D eigenvalue weighted by Gasteiger charge is 2.19. The molecule has 3 aromatic rings. The van der Waals surface area contributed by atoms with E-state index >= 15 is 0 Å². The number of rotatable bonds is 4. The third-order valence-corrected chi connectivity index (χ3v) is 4.23. The molecular formula is C20H23N3O. The monoisotopic (exact) mass is 321 g/mol. The maximum Gasteiger partial charge on any atom is 0.274 e. The molecule has 4 nitrogen and oxygen atoms in total. The van der Waals surface area contributed by atoms with Gasteiger partial charge in [-0.25, -0.2) is 4.98 Å². The van der Waals surface area contributed by atoms with Crippen LogP contribution in [0.5, 0.6) is 0 Å². The van der Waals surface area contributed by atoms with Gasteiger partial charge in [-0.2, -0.15) is 0 Å². The van der Waals surface area contributed by atoms with Gasteiger partial charge in [-0.15, -0.1) is 0 Å². The molecule has 3 rings (SSSR count). The van der Waals surface area contributed by atoms with Gasteiger partial charge in [0.05, 0.1) is 5.69 Å². The third kappa shape index (κ3) is 2.92. The van der Waals surface area contributed by atoms with Crippen molar-refractivity contribution in [2.24, 2.45) is 0 Å². The Hall–Kier alpha value is -2.62. The van der Waals surface area contributed by atoms with Gasteiger partial charge < -0.3 is 5.32 Å². The number of carbonyl (C=O) groups is 1. The molecule has 0 aliphatic carbocycles. The third-order valence-electron chi connectivity index (χ3n) is 4.23. The molecule has 0 spiro atoms. The van der Waals surface area contributed by atoms with Crippen LogP contribution in [0.4, 0.5) is 5.69 Å². The highest BCUT2D eigenvalue weighted by atomic mass is 16.2. The van der Waals surface area contributed by atoms with Crippen molar-refractivity contribution in [2.45, 2.75) is 40.0 Å². The van der Waals surface area contributed by atoms with Crippen LogP contribution in [0.15, 0.2) is 42.6 Å². The minimum Gasteiger partial charge on any atom is -0.320 e. The van der Waals surface area contributed by atoms with Crippen LogP contribution in [0.1, 0.15) is 54.0 Å². The maximum absolute atomic E-state index is 13.0. The average Bonchev–Trinajstić information content (AvgIpc) is 2.92. The van der Waals surface area contributed by atoms with Crippen LogP contribution in [0.3, 0.4) is 0 Å². The SMILES string of the molecule is CCc1nc2cc(C)ccn2c1C(=O)Nc1ccccc1C(C)C. The lowest BCUT2D eigenvalue weighted by molar-refractivity contribution is 0.102. The molecule has 1 amide bonds. The molecular weight excluding hydrogens is 298 g/mol. The molecule has 24 heavy (non-hydrogen) atoms. The summed E-state index contributed by atoms with van der Waals surface area (Å²) in [4.78, 5) is 17.6. The zero-order valence-electron chi connectivity index (χ0n) is 14.6. The number of amides is 1. The number of pyridine rings is 1. The van der Waals surface area contributed by atoms with Crippen LogP contribution in [0, 0.1) is 6.92 Å². The first-order valence-electron chi connectivity index (χ1n) is 8.39. The Kier molecular flexibility index (Phi) is 4.38. The van der Waals surface area contributed by atoms with Gasteiger partial charge in [-0.1, -0.05) is 39.0 Å². The number of hydrogen-bond acceptors (Lipinski definition) is 2. The Bertz CT molecular complexity index is 893. The van der Waals surface area contributed by atoms with E-state index in [1.807, 2.05) is 54.8 Å². The maximum atomic E-state index is 13.0. The molecule has 2 heterocycles. The first kappa shape index (κ1) is 16.2. The number of imidazole rings is 1. The number of aryl methyl sites for hydroxylation is 2. The van der Waals surface area contributed by atoms with Gasteiger partial charge in [-0.05, 0) is 48.6 Å². The minimum absolute atomic E-state index is 0.115. The molecule has 1 aromatic carbocycles. The largest absolute Gasteiger partial charge is 0.320 e. The van der Waals surface area contributed by atoms with Crippen molar-refractivity contribution < 1.29 is 4.79 Å². The topological polar surface area (TPSA) is 46.4 Å². The second-order valence-electron chi connectivity index (χ2n) is 6.39. The number of hydrogen-bond donors (Lipinski definition) is 1. The predicted molar refractivity (Wildman–Crippen MR) is 97.8 cm³/mol. The molecule has 0 fully saturated rings. The lowest BCUT2D eigenvalue weighted by Gasteiger charge is -2.14. The van der Waals surface area contributed by atoms with Crippen LogP contribution >= 0.6 is 0 Å². The summed E-state index contributed by atoms with van der Waals surface area (Å²) in [7, 11) is 0. The molecule has 0 saturated carbocycles. The normalized spacial score (nSPS) is 11.2. The predicted octanol–water partition coefficient (Wildman–Crippen LogP) is 4.58. The summed E-state index contributed by atoms with van der Waals surface area (Å²) in [6, 6.07) is 11.9. The molecule has 1 N–H and O–H groups in total. The van der Waals surface area contributed by atoms with Crippen LogP contribution < -0.4 is 5.32 Å². The molecule has 4 heteroatoms. The van der Waals surface area contributed by atoms with Crippen molar-refractivity contribution in [1.82, 2.24) is 9.38 Å². The van der Waals surface area contributed by atoms with Crippen LogP contribution in [-0.2, 0) is 6.42 Å². The van der Waals surface area contributed by atoms with E-state index in [0.29, 0.717) is 11.6 Å². The Balaban J connectivity index is 2.03. The standard InChI is InChI=1S/C20H23N3O/c1-5-16-19(23-11-10-14(4)12-18(23)21-16)20(24)22-17-9-7-6-8-15(17)13(2)3/h6-13H,5H2,1-4H3,(H,22,24). The van der Waals surface area contributed by atoms with Crippen LogP contribution in [0.25, 0.3) is 5.65 Å². The quantitative estimate of drug-likeness (QED) is 0.764. The summed E-state index contributed by atoms with van der Waals surface area (Å²) in [5, 5.41) is 3.08. The second-order valence-corrected chi connectivity index (χ2v) is 6.39. The lowest BCUT2D eigenvalue weighted by Crippen LogP contribution is -2.17. The molecule has 0 bridgehead atoms. The van der Waals surface area contributed by atoms with Crippen molar-refractivity contribution >= 4 is 17.2 Å². The highest BCUT2D eigenvalue weighted by molar-refractivity contribution is 6.05. The number of benzene rings is 1. The first-order chi connectivity index (χ1) is 11.5. The number of carbonyl (C=O) groups excluding carboxylic acids is 1. The summed E-state index contributed by atoms with van der Waals surface area (Å²) in [5.41, 5.74) is 5.38. The van der Waals surface area contributed by atoms with Gasteiger partial charge in [-0.3, -0.25) is 9.20 Å². The number of fused-ring (bicyclic) bond motifs is 1. The molecule has 0 saturated heterocycles. The summed E-state index contributed by atoms with van der Waals surface area (Å²) in [6.45, 7) is 8.30. The fourth-order valence-corrected chi connectivity index (χ4v) is 2.98. The summed E-state index contributed by atoms with van der Waals surface area (Å²) in [6.07, 6.45) is 2.63. The zero-order valence-corrected chi connectivity index (χ0v) is 14.6. The van der Waals surface area contributed by atoms with Crippen LogP contribution in [0.2, 0.25) is 0 Å². The van der Waals surface area contributed by atoms with Crippen LogP contribution in [-0.4, -0.2) is 15.3 Å². The van der Waals surface area contributed by atoms with Gasteiger partial charge in [0.15, 0.2) is 0 Å². The van der Waals surface area contributed by atoms with E-state index in [1.54, 1.807) is 0 Å². The minimum atomic E-state index is -0.115. The van der Waals surface area contributed by atoms with E-state index in [1.165, 1.54) is 0 Å². The smallest absolute Gasteiger partial charge is 0.274 e. The number of nitrogens with one attached hydrogen (secondary N) is 1. The second kappa shape index (κ2) is 6.48. The summed E-state index contributed by atoms with van der Waals surface area (Å²) >= 11 is 0. The van der Waals surface area contributed by atoms with E-state index in [2.05, 4.69) is 30.2 Å². The van der Waals surface area contributed by atoms with Crippen molar-refractivity contribution in [1.29, 1.82) is 0 Å². The highest BCUT2D eigenvalue weighted by Crippen LogP contribution is 2.25. The summed E-state index contributed by atoms with van der Waals surface area (Å²) < 4.78 is 1.87. The van der Waals surface area contributed by atoms with Gasteiger partial charge >= 0.3 is 0 Å². The van der Waals surface area contributed by atoms with E-state index in [9.17, 15) is 4.79 Å². The Labute approximate surface area is 142 Å². The van der Waals surface area contributed by atoms with Crippen molar-refractivity contribution in [3.8, 4) is 0 Å². The van der Waals surface area contributed by atoms with Gasteiger partial charge in [0.1, 0.15) is 11.3 Å². The average molecular weight is 321 g/mol. The van der Waals surface area contributed by atoms with E-state index in [-0.39, 0.29) is 5.91 Å². The Morgan fingerprint density at radius 3 is 2.71 bits per heavy atom. The van der Waals surface area contributed by atoms with Crippen molar-refractivity contribution in [3.05, 3.63) is 65.1 Å². The fraction of sp³-hybridized carbons (Fsp3) is 0.300. The Morgan fingerprint density at radius 2 is 2.00 bits per heavy atom. The first-order valence-corrected chi connectivity index (χ1v) is 8.39. The number of para-hydroxylation sites is 1. The molecule has 2 aromatic heterocycles. The number of aromatic nitrogens is 2. The fourth-order valence-electron chi connectivity index (χ4n) is 2.98. The molecule has 124 valence electrons. The van der Waals surface area contributed by atoms with E-state index in [4.69, 9.17) is 0 Å². The summed E-state index contributed by atoms with van der Waals surface area (Å²) in [5.74, 6) is 0.230. The lowest BCUT2D eigenvalue weighted by atomic mass is 10.0. The molecule has 0 atom stereocenters. The molecule has 0 radical (unpaired) electrons. The van der Waals surface area contributed by atoms with Gasteiger partial charge in [0.25, 0.3) is 5.91 Å². The molecule has 0 unspecified atom stereocenters. The van der Waals surface area contributed by atoms with Crippen molar-refractivity contribution in [3.63, 3.8) is 0 Å². The number of anilines is 1. The van der Waals surface area contributed by atoms with E-state index < -0.39 is 0 Å². The van der Waals surface area contributed by atoms with Crippen molar-refractivity contribution in [2.75, 3.05) is 5.32 Å². The Morgan fingerprint density at radius 1 is 1.25 bits per heavy atom. The number of nitrogens with zero attached hydrogens (tertiary/aromatic N) is 2. The van der Waals surface area contributed by atoms with Gasteiger partial charge in [0, 0.05) is 11.9 Å².